The maximum absolute atomic E-state index is 11.9. The van der Waals surface area contributed by atoms with E-state index < -0.39 is 0 Å². The average Bonchev–Trinajstić information content (AvgIpc) is 2.93. The first-order chi connectivity index (χ1) is 9.24. The highest BCUT2D eigenvalue weighted by atomic mass is 35.5. The summed E-state index contributed by atoms with van der Waals surface area (Å²) >= 11 is 7.78. The molecule has 1 aliphatic rings. The van der Waals surface area contributed by atoms with Crippen molar-refractivity contribution in [3.8, 4) is 0 Å². The lowest BCUT2D eigenvalue weighted by Gasteiger charge is -2.25. The van der Waals surface area contributed by atoms with Crippen molar-refractivity contribution in [1.82, 2.24) is 25.9 Å². The third kappa shape index (κ3) is 2.57. The normalized spacial score (nSPS) is 17.8. The molecule has 98 valence electrons. The van der Waals surface area contributed by atoms with Crippen molar-refractivity contribution in [1.29, 1.82) is 0 Å². The summed E-state index contributed by atoms with van der Waals surface area (Å²) in [6.07, 6.45) is 0.849. The molecule has 2 heterocycles. The molecule has 0 saturated carbocycles. The second-order valence-electron chi connectivity index (χ2n) is 4.08. The number of thioether (sulfide) groups is 1. The number of rotatable bonds is 2. The SMILES string of the molecule is O=C(NC1CCSc2ccc(Cl)cc21)c1nn[nH]n1. The van der Waals surface area contributed by atoms with Crippen LogP contribution in [0.1, 0.15) is 28.6 Å². The molecule has 1 amide bonds. The number of nitrogens with one attached hydrogen (secondary N) is 2. The first-order valence-corrected chi connectivity index (χ1v) is 7.07. The first-order valence-electron chi connectivity index (χ1n) is 5.70. The molecular weight excluding hydrogens is 286 g/mol. The lowest BCUT2D eigenvalue weighted by atomic mass is 10.0. The minimum Gasteiger partial charge on any atom is -0.342 e. The number of carbonyl (C=O) groups excluding carboxylic acids is 1. The number of nitrogens with zero attached hydrogens (tertiary/aromatic N) is 3. The largest absolute Gasteiger partial charge is 0.342 e. The minimum atomic E-state index is -0.337. The Hall–Kier alpha value is -1.60. The van der Waals surface area contributed by atoms with Crippen molar-refractivity contribution < 1.29 is 4.79 Å². The molecule has 0 fully saturated rings. The van der Waals surface area contributed by atoms with Crippen molar-refractivity contribution in [2.24, 2.45) is 0 Å². The number of H-pyrrole nitrogens is 1. The van der Waals surface area contributed by atoms with Gasteiger partial charge in [0, 0.05) is 15.7 Å². The Bertz CT molecular complexity index is 603. The molecule has 0 aliphatic carbocycles. The van der Waals surface area contributed by atoms with E-state index in [0.717, 1.165) is 22.6 Å². The summed E-state index contributed by atoms with van der Waals surface area (Å²) in [7, 11) is 0. The number of fused-ring (bicyclic) bond motifs is 1. The molecule has 1 aromatic heterocycles. The van der Waals surface area contributed by atoms with Crippen LogP contribution in [0.4, 0.5) is 0 Å². The molecule has 6 nitrogen and oxygen atoms in total. The number of hydrogen-bond acceptors (Lipinski definition) is 5. The van der Waals surface area contributed by atoms with Crippen LogP contribution in [-0.4, -0.2) is 32.3 Å². The molecule has 19 heavy (non-hydrogen) atoms. The Morgan fingerprint density at radius 3 is 3.21 bits per heavy atom. The van der Waals surface area contributed by atoms with E-state index in [1.54, 1.807) is 11.8 Å². The Morgan fingerprint density at radius 1 is 1.53 bits per heavy atom. The Morgan fingerprint density at radius 2 is 2.42 bits per heavy atom. The quantitative estimate of drug-likeness (QED) is 0.883. The van der Waals surface area contributed by atoms with Crippen molar-refractivity contribution in [2.75, 3.05) is 5.75 Å². The van der Waals surface area contributed by atoms with Gasteiger partial charge >= 0.3 is 0 Å². The van der Waals surface area contributed by atoms with E-state index in [-0.39, 0.29) is 17.8 Å². The molecule has 0 radical (unpaired) electrons. The Kier molecular flexibility index (Phi) is 3.39. The molecule has 2 aromatic rings. The molecule has 1 aromatic carbocycles. The highest BCUT2D eigenvalue weighted by molar-refractivity contribution is 7.99. The number of hydrogen-bond donors (Lipinski definition) is 2. The third-order valence-corrected chi connectivity index (χ3v) is 4.22. The van der Waals surface area contributed by atoms with Crippen LogP contribution in [-0.2, 0) is 0 Å². The van der Waals surface area contributed by atoms with E-state index in [1.165, 1.54) is 0 Å². The third-order valence-electron chi connectivity index (χ3n) is 2.87. The summed E-state index contributed by atoms with van der Waals surface area (Å²) in [4.78, 5) is 13.1. The van der Waals surface area contributed by atoms with E-state index in [4.69, 9.17) is 11.6 Å². The van der Waals surface area contributed by atoms with Gasteiger partial charge in [-0.2, -0.15) is 5.21 Å². The zero-order valence-corrected chi connectivity index (χ0v) is 11.3. The highest BCUT2D eigenvalue weighted by Crippen LogP contribution is 2.37. The van der Waals surface area contributed by atoms with Gasteiger partial charge < -0.3 is 5.32 Å². The summed E-state index contributed by atoms with van der Waals surface area (Å²) in [6.45, 7) is 0. The highest BCUT2D eigenvalue weighted by Gasteiger charge is 2.24. The summed E-state index contributed by atoms with van der Waals surface area (Å²) in [5.74, 6) is 0.657. The van der Waals surface area contributed by atoms with Crippen LogP contribution < -0.4 is 5.32 Å². The fraction of sp³-hybridized carbons (Fsp3) is 0.273. The lowest BCUT2D eigenvalue weighted by molar-refractivity contribution is 0.0924. The van der Waals surface area contributed by atoms with Crippen LogP contribution in [0.3, 0.4) is 0 Å². The zero-order valence-electron chi connectivity index (χ0n) is 9.76. The monoisotopic (exact) mass is 295 g/mol. The summed E-state index contributed by atoms with van der Waals surface area (Å²) < 4.78 is 0. The maximum Gasteiger partial charge on any atom is 0.293 e. The fourth-order valence-corrected chi connectivity index (χ4v) is 3.28. The number of benzene rings is 1. The lowest BCUT2D eigenvalue weighted by Crippen LogP contribution is -2.31. The van der Waals surface area contributed by atoms with Crippen LogP contribution in [0.25, 0.3) is 0 Å². The number of carbonyl (C=O) groups is 1. The van der Waals surface area contributed by atoms with Crippen LogP contribution in [0, 0.1) is 0 Å². The molecule has 1 atom stereocenters. The summed E-state index contributed by atoms with van der Waals surface area (Å²) in [5.41, 5.74) is 1.04. The van der Waals surface area contributed by atoms with Gasteiger partial charge in [0.15, 0.2) is 0 Å². The molecule has 1 aliphatic heterocycles. The van der Waals surface area contributed by atoms with Crippen LogP contribution in [0.2, 0.25) is 5.02 Å². The predicted octanol–water partition coefficient (Wildman–Crippen LogP) is 1.82. The van der Waals surface area contributed by atoms with Gasteiger partial charge in [-0.1, -0.05) is 11.6 Å². The molecule has 8 heteroatoms. The zero-order chi connectivity index (χ0) is 13.2. The number of aromatic nitrogens is 4. The maximum atomic E-state index is 11.9. The fourth-order valence-electron chi connectivity index (χ4n) is 2.00. The van der Waals surface area contributed by atoms with Gasteiger partial charge in [-0.3, -0.25) is 4.79 Å². The molecule has 0 spiro atoms. The number of halogens is 1. The predicted molar refractivity (Wildman–Crippen MR) is 71.2 cm³/mol. The first kappa shape index (κ1) is 12.4. The number of tetrazole rings is 1. The Labute approximate surface area is 118 Å². The van der Waals surface area contributed by atoms with E-state index in [2.05, 4.69) is 25.9 Å². The van der Waals surface area contributed by atoms with E-state index in [1.807, 2.05) is 18.2 Å². The van der Waals surface area contributed by atoms with Crippen molar-refractivity contribution >= 4 is 29.3 Å². The van der Waals surface area contributed by atoms with Crippen molar-refractivity contribution in [3.05, 3.63) is 34.6 Å². The van der Waals surface area contributed by atoms with Crippen LogP contribution >= 0.6 is 23.4 Å². The molecule has 1 unspecified atom stereocenters. The van der Waals surface area contributed by atoms with Gasteiger partial charge in [-0.05, 0) is 35.4 Å². The molecule has 0 saturated heterocycles. The summed E-state index contributed by atoms with van der Waals surface area (Å²) in [5, 5.41) is 16.5. The topological polar surface area (TPSA) is 83.6 Å². The van der Waals surface area contributed by atoms with Crippen LogP contribution in [0.15, 0.2) is 23.1 Å². The van der Waals surface area contributed by atoms with E-state index >= 15 is 0 Å². The van der Waals surface area contributed by atoms with Crippen molar-refractivity contribution in [3.63, 3.8) is 0 Å². The van der Waals surface area contributed by atoms with E-state index in [9.17, 15) is 4.79 Å². The number of amides is 1. The summed E-state index contributed by atoms with van der Waals surface area (Å²) in [6, 6.07) is 5.66. The van der Waals surface area contributed by atoms with Gasteiger partial charge in [0.25, 0.3) is 11.7 Å². The van der Waals surface area contributed by atoms with Crippen molar-refractivity contribution in [2.45, 2.75) is 17.4 Å². The average molecular weight is 296 g/mol. The van der Waals surface area contributed by atoms with Gasteiger partial charge in [0.2, 0.25) is 0 Å². The smallest absolute Gasteiger partial charge is 0.293 e. The molecule has 0 bridgehead atoms. The molecule has 2 N–H and O–H groups in total. The van der Waals surface area contributed by atoms with E-state index in [0.29, 0.717) is 5.02 Å². The van der Waals surface area contributed by atoms with Crippen LogP contribution in [0.5, 0.6) is 0 Å². The van der Waals surface area contributed by atoms with Gasteiger partial charge in [-0.15, -0.1) is 22.0 Å². The minimum absolute atomic E-state index is 0.0433. The second-order valence-corrected chi connectivity index (χ2v) is 5.65. The molecular formula is C11H10ClN5OS. The molecule has 3 rings (SSSR count). The van der Waals surface area contributed by atoms with Gasteiger partial charge in [0.1, 0.15) is 0 Å². The number of aromatic amines is 1. The van der Waals surface area contributed by atoms with Gasteiger partial charge in [-0.25, -0.2) is 0 Å². The second kappa shape index (κ2) is 5.18. The van der Waals surface area contributed by atoms with Gasteiger partial charge in [0.05, 0.1) is 6.04 Å². The Balaban J connectivity index is 1.84. The standard InChI is InChI=1S/C11H10ClN5OS/c12-6-1-2-9-7(5-6)8(3-4-19-9)13-11(18)10-14-16-17-15-10/h1-2,5,8H,3-4H2,(H,13,18)(H,14,15,16,17).